The van der Waals surface area contributed by atoms with E-state index >= 15 is 0 Å². The molecule has 1 aliphatic rings. The molecule has 2 aromatic carbocycles. The van der Waals surface area contributed by atoms with Crippen LogP contribution in [0, 0.1) is 0 Å². The number of hydrazone groups is 1. The second-order valence-corrected chi connectivity index (χ2v) is 8.21. The highest BCUT2D eigenvalue weighted by Crippen LogP contribution is 2.35. The molecule has 5 rings (SSSR count). The summed E-state index contributed by atoms with van der Waals surface area (Å²) >= 11 is 1.64. The van der Waals surface area contributed by atoms with E-state index in [9.17, 15) is 4.79 Å². The monoisotopic (exact) mass is 400 g/mol. The summed E-state index contributed by atoms with van der Waals surface area (Å²) in [5.74, 6) is 0.471. The Hall–Kier alpha value is -3.25. The van der Waals surface area contributed by atoms with Crippen molar-refractivity contribution in [2.45, 2.75) is 25.8 Å². The van der Waals surface area contributed by atoms with Crippen molar-refractivity contribution >= 4 is 33.7 Å². The normalized spacial score (nSPS) is 13.2. The molecule has 0 amide bonds. The first-order chi connectivity index (χ1) is 14.3. The van der Waals surface area contributed by atoms with Crippen molar-refractivity contribution in [2.75, 3.05) is 5.43 Å². The molecule has 0 radical (unpaired) electrons. The number of anilines is 1. The van der Waals surface area contributed by atoms with Crippen LogP contribution in [0.15, 0.2) is 70.6 Å². The van der Waals surface area contributed by atoms with Crippen LogP contribution >= 0.6 is 11.3 Å². The maximum atomic E-state index is 13.4. The first-order valence-electron chi connectivity index (χ1n) is 9.73. The number of hydrogen-bond donors (Lipinski definition) is 1. The number of nitrogens with one attached hydrogen (secondary N) is 1. The van der Waals surface area contributed by atoms with E-state index in [1.54, 1.807) is 22.1 Å². The number of benzene rings is 2. The molecule has 4 aromatic rings. The summed E-state index contributed by atoms with van der Waals surface area (Å²) < 4.78 is 1.70. The molecule has 0 unspecified atom stereocenters. The van der Waals surface area contributed by atoms with Gasteiger partial charge in [-0.3, -0.25) is 9.36 Å². The molecule has 0 atom stereocenters. The van der Waals surface area contributed by atoms with Crippen LogP contribution < -0.4 is 11.0 Å². The van der Waals surface area contributed by atoms with E-state index in [4.69, 9.17) is 4.98 Å². The standard InChI is InChI=1S/C23H20N4OS/c28-22-20-18-12-7-13-19(18)29-21(20)25-23(26-24-14-16-8-3-1-4-9-16)27(22)15-17-10-5-2-6-11-17/h1-6,8-11,14H,7,12-13,15H2,(H,25,26)/b24-14-. The van der Waals surface area contributed by atoms with Gasteiger partial charge in [0.2, 0.25) is 5.95 Å². The highest BCUT2D eigenvalue weighted by molar-refractivity contribution is 7.18. The zero-order chi connectivity index (χ0) is 19.6. The Balaban J connectivity index is 1.58. The molecule has 0 spiro atoms. The molecule has 144 valence electrons. The molecule has 0 saturated carbocycles. The fourth-order valence-electron chi connectivity index (χ4n) is 3.78. The number of aromatic nitrogens is 2. The molecule has 0 fully saturated rings. The predicted molar refractivity (Wildman–Crippen MR) is 119 cm³/mol. The lowest BCUT2D eigenvalue weighted by Gasteiger charge is -2.12. The largest absolute Gasteiger partial charge is 0.272 e. The van der Waals surface area contributed by atoms with Crippen molar-refractivity contribution in [1.29, 1.82) is 0 Å². The van der Waals surface area contributed by atoms with Crippen molar-refractivity contribution in [3.63, 3.8) is 0 Å². The van der Waals surface area contributed by atoms with Gasteiger partial charge in [0.05, 0.1) is 18.1 Å². The number of hydrogen-bond acceptors (Lipinski definition) is 5. The minimum Gasteiger partial charge on any atom is -0.272 e. The third-order valence-corrected chi connectivity index (χ3v) is 6.37. The van der Waals surface area contributed by atoms with Crippen LogP contribution in [0.5, 0.6) is 0 Å². The second-order valence-electron chi connectivity index (χ2n) is 7.13. The van der Waals surface area contributed by atoms with Crippen LogP contribution in [-0.4, -0.2) is 15.8 Å². The van der Waals surface area contributed by atoms with E-state index in [-0.39, 0.29) is 5.56 Å². The quantitative estimate of drug-likeness (QED) is 0.398. The van der Waals surface area contributed by atoms with Gasteiger partial charge in [0.25, 0.3) is 5.56 Å². The highest BCUT2D eigenvalue weighted by atomic mass is 32.1. The fraction of sp³-hybridized carbons (Fsp3) is 0.174. The molecule has 0 saturated heterocycles. The van der Waals surface area contributed by atoms with Gasteiger partial charge < -0.3 is 0 Å². The molecule has 6 heteroatoms. The number of aryl methyl sites for hydroxylation is 2. The number of nitrogens with zero attached hydrogens (tertiary/aromatic N) is 3. The van der Waals surface area contributed by atoms with Crippen molar-refractivity contribution in [3.05, 3.63) is 92.6 Å². The minimum atomic E-state index is 0.00987. The predicted octanol–water partition coefficient (Wildman–Crippen LogP) is 4.44. The molecule has 2 aromatic heterocycles. The van der Waals surface area contributed by atoms with Gasteiger partial charge in [-0.25, -0.2) is 10.4 Å². The molecule has 2 heterocycles. The van der Waals surface area contributed by atoms with Crippen LogP contribution in [-0.2, 0) is 19.4 Å². The van der Waals surface area contributed by atoms with Crippen LogP contribution in [0.1, 0.15) is 28.0 Å². The first-order valence-corrected chi connectivity index (χ1v) is 10.5. The lowest BCUT2D eigenvalue weighted by molar-refractivity contribution is 0.755. The zero-order valence-electron chi connectivity index (χ0n) is 15.8. The van der Waals surface area contributed by atoms with E-state index in [2.05, 4.69) is 10.5 Å². The van der Waals surface area contributed by atoms with Gasteiger partial charge in [0.15, 0.2) is 0 Å². The third kappa shape index (κ3) is 3.47. The molecule has 1 N–H and O–H groups in total. The number of fused-ring (bicyclic) bond motifs is 3. The molecule has 5 nitrogen and oxygen atoms in total. The molecule has 1 aliphatic carbocycles. The van der Waals surface area contributed by atoms with Crippen LogP contribution in [0.4, 0.5) is 5.95 Å². The van der Waals surface area contributed by atoms with Crippen molar-refractivity contribution in [2.24, 2.45) is 5.10 Å². The summed E-state index contributed by atoms with van der Waals surface area (Å²) in [7, 11) is 0. The topological polar surface area (TPSA) is 59.3 Å². The van der Waals surface area contributed by atoms with Gasteiger partial charge in [0.1, 0.15) is 4.83 Å². The molecular weight excluding hydrogens is 380 g/mol. The molecule has 0 aliphatic heterocycles. The number of thiophene rings is 1. The summed E-state index contributed by atoms with van der Waals surface area (Å²) in [6.07, 6.45) is 4.87. The van der Waals surface area contributed by atoms with Crippen LogP contribution in [0.3, 0.4) is 0 Å². The van der Waals surface area contributed by atoms with E-state index < -0.39 is 0 Å². The Labute approximate surface area is 172 Å². The average molecular weight is 401 g/mol. The van der Waals surface area contributed by atoms with Gasteiger partial charge in [-0.05, 0) is 36.0 Å². The average Bonchev–Trinajstić information content (AvgIpc) is 3.33. The van der Waals surface area contributed by atoms with Crippen molar-refractivity contribution in [1.82, 2.24) is 9.55 Å². The fourth-order valence-corrected chi connectivity index (χ4v) is 5.03. The highest BCUT2D eigenvalue weighted by Gasteiger charge is 2.23. The lowest BCUT2D eigenvalue weighted by atomic mass is 10.2. The Kier molecular flexibility index (Phi) is 4.69. The molecule has 0 bridgehead atoms. The summed E-state index contributed by atoms with van der Waals surface area (Å²) in [5.41, 5.74) is 6.25. The van der Waals surface area contributed by atoms with Gasteiger partial charge in [-0.15, -0.1) is 11.3 Å². The number of rotatable bonds is 5. The van der Waals surface area contributed by atoms with Crippen molar-refractivity contribution in [3.8, 4) is 0 Å². The van der Waals surface area contributed by atoms with Gasteiger partial charge in [-0.2, -0.15) is 5.10 Å². The first kappa shape index (κ1) is 17.8. The van der Waals surface area contributed by atoms with Crippen LogP contribution in [0.2, 0.25) is 0 Å². The lowest BCUT2D eigenvalue weighted by Crippen LogP contribution is -2.24. The van der Waals surface area contributed by atoms with E-state index in [0.29, 0.717) is 12.5 Å². The summed E-state index contributed by atoms with van der Waals surface area (Å²) in [6, 6.07) is 19.8. The van der Waals surface area contributed by atoms with Gasteiger partial charge in [-0.1, -0.05) is 60.7 Å². The SMILES string of the molecule is O=c1c2c3c(sc2nc(N/N=C\c2ccccc2)n1Cc1ccccc1)CCC3. The van der Waals surface area contributed by atoms with E-state index in [0.717, 1.165) is 40.6 Å². The Morgan fingerprint density at radius 3 is 2.62 bits per heavy atom. The summed E-state index contributed by atoms with van der Waals surface area (Å²) in [5, 5.41) is 5.12. The second kappa shape index (κ2) is 7.64. The van der Waals surface area contributed by atoms with Gasteiger partial charge >= 0.3 is 0 Å². The Morgan fingerprint density at radius 1 is 1.07 bits per heavy atom. The summed E-state index contributed by atoms with van der Waals surface area (Å²) in [6.45, 7) is 0.455. The summed E-state index contributed by atoms with van der Waals surface area (Å²) in [4.78, 5) is 20.3. The maximum Gasteiger partial charge on any atom is 0.264 e. The third-order valence-electron chi connectivity index (χ3n) is 5.19. The van der Waals surface area contributed by atoms with E-state index in [1.807, 2.05) is 60.7 Å². The Bertz CT molecular complexity index is 1240. The molecular formula is C23H20N4OS. The van der Waals surface area contributed by atoms with Crippen LogP contribution in [0.25, 0.3) is 10.2 Å². The van der Waals surface area contributed by atoms with Crippen molar-refractivity contribution < 1.29 is 0 Å². The van der Waals surface area contributed by atoms with E-state index in [1.165, 1.54) is 10.4 Å². The molecule has 29 heavy (non-hydrogen) atoms. The smallest absolute Gasteiger partial charge is 0.264 e. The minimum absolute atomic E-state index is 0.00987. The maximum absolute atomic E-state index is 13.4. The zero-order valence-corrected chi connectivity index (χ0v) is 16.7. The van der Waals surface area contributed by atoms with Gasteiger partial charge in [0, 0.05) is 4.88 Å². The Morgan fingerprint density at radius 2 is 1.83 bits per heavy atom.